The molecule has 0 saturated heterocycles. The van der Waals surface area contributed by atoms with Crippen molar-refractivity contribution in [2.75, 3.05) is 24.3 Å². The second kappa shape index (κ2) is 7.72. The first-order valence-electron chi connectivity index (χ1n) is 7.24. The highest BCUT2D eigenvalue weighted by Crippen LogP contribution is 2.30. The van der Waals surface area contributed by atoms with Crippen LogP contribution < -0.4 is 15.4 Å². The predicted octanol–water partition coefficient (Wildman–Crippen LogP) is 3.67. The number of nitro benzene ring substituents is 1. The van der Waals surface area contributed by atoms with Gasteiger partial charge in [0.25, 0.3) is 5.69 Å². The summed E-state index contributed by atoms with van der Waals surface area (Å²) in [5.41, 5.74) is -0.410. The van der Waals surface area contributed by atoms with E-state index in [4.69, 9.17) is 4.74 Å². The van der Waals surface area contributed by atoms with Crippen molar-refractivity contribution in [3.8, 4) is 5.75 Å². The predicted molar refractivity (Wildman–Crippen MR) is 88.2 cm³/mol. The third-order valence-corrected chi connectivity index (χ3v) is 3.34. The maximum atomic E-state index is 12.5. The smallest absolute Gasteiger partial charge is 0.416 e. The fourth-order valence-corrected chi connectivity index (χ4v) is 2.05. The van der Waals surface area contributed by atoms with Crippen LogP contribution in [0.3, 0.4) is 0 Å². The van der Waals surface area contributed by atoms with Crippen LogP contribution in [0.2, 0.25) is 0 Å². The monoisotopic (exact) mass is 369 g/mol. The number of nitrogens with one attached hydrogen (secondary N) is 2. The van der Waals surface area contributed by atoms with Crippen molar-refractivity contribution in [2.45, 2.75) is 6.18 Å². The molecule has 2 aromatic carbocycles. The molecule has 0 aliphatic heterocycles. The number of alkyl halides is 3. The van der Waals surface area contributed by atoms with Gasteiger partial charge in [-0.3, -0.25) is 14.9 Å². The Morgan fingerprint density at radius 2 is 1.85 bits per heavy atom. The molecule has 0 saturated carbocycles. The van der Waals surface area contributed by atoms with Gasteiger partial charge in [-0.05, 0) is 30.3 Å². The van der Waals surface area contributed by atoms with Crippen molar-refractivity contribution >= 4 is 23.0 Å². The molecule has 10 heteroatoms. The number of non-ortho nitro benzene ring substituents is 1. The van der Waals surface area contributed by atoms with Gasteiger partial charge in [-0.15, -0.1) is 0 Å². The van der Waals surface area contributed by atoms with E-state index in [1.165, 1.54) is 37.4 Å². The minimum absolute atomic E-state index is 0.113. The van der Waals surface area contributed by atoms with Gasteiger partial charge in [0.2, 0.25) is 5.91 Å². The number of ether oxygens (including phenoxy) is 1. The molecule has 26 heavy (non-hydrogen) atoms. The Morgan fingerprint density at radius 3 is 2.38 bits per heavy atom. The lowest BCUT2D eigenvalue weighted by Gasteiger charge is -2.12. The van der Waals surface area contributed by atoms with Gasteiger partial charge >= 0.3 is 6.18 Å². The van der Waals surface area contributed by atoms with E-state index in [1.54, 1.807) is 0 Å². The molecular formula is C16H14F3N3O4. The average molecular weight is 369 g/mol. The number of carbonyl (C=O) groups excluding carboxylic acids is 1. The highest BCUT2D eigenvalue weighted by atomic mass is 19.4. The van der Waals surface area contributed by atoms with Gasteiger partial charge in [0, 0.05) is 11.8 Å². The minimum atomic E-state index is -4.43. The molecule has 0 aliphatic carbocycles. The number of amides is 1. The van der Waals surface area contributed by atoms with Gasteiger partial charge in [-0.25, -0.2) is 0 Å². The summed E-state index contributed by atoms with van der Waals surface area (Å²) in [4.78, 5) is 22.1. The standard InChI is InChI=1S/C16H14F3N3O4/c1-26-14-8-12(22(24)25)6-7-13(14)21-15(23)9-20-11-4-2-10(3-5-11)16(17,18)19/h2-8,20H,9H2,1H3,(H,21,23). The van der Waals surface area contributed by atoms with Crippen molar-refractivity contribution < 1.29 is 27.6 Å². The van der Waals surface area contributed by atoms with E-state index in [2.05, 4.69) is 10.6 Å². The van der Waals surface area contributed by atoms with Crippen molar-refractivity contribution in [1.29, 1.82) is 0 Å². The topological polar surface area (TPSA) is 93.5 Å². The molecule has 0 aliphatic rings. The van der Waals surface area contributed by atoms with Crippen molar-refractivity contribution in [2.24, 2.45) is 0 Å². The first-order valence-corrected chi connectivity index (χ1v) is 7.24. The molecule has 2 N–H and O–H groups in total. The Kier molecular flexibility index (Phi) is 5.65. The number of nitrogens with zero attached hydrogens (tertiary/aromatic N) is 1. The van der Waals surface area contributed by atoms with Crippen LogP contribution in [-0.2, 0) is 11.0 Å². The Balaban J connectivity index is 1.98. The quantitative estimate of drug-likeness (QED) is 0.599. The summed E-state index contributed by atoms with van der Waals surface area (Å²) >= 11 is 0. The number of rotatable bonds is 6. The maximum absolute atomic E-state index is 12.5. The van der Waals surface area contributed by atoms with E-state index in [0.717, 1.165) is 12.1 Å². The van der Waals surface area contributed by atoms with E-state index >= 15 is 0 Å². The SMILES string of the molecule is COc1cc([N+](=O)[O-])ccc1NC(=O)CNc1ccc(C(F)(F)F)cc1. The van der Waals surface area contributed by atoms with E-state index in [9.17, 15) is 28.1 Å². The van der Waals surface area contributed by atoms with Crippen LogP contribution in [0.15, 0.2) is 42.5 Å². The third-order valence-electron chi connectivity index (χ3n) is 3.34. The zero-order chi connectivity index (χ0) is 19.3. The van der Waals surface area contributed by atoms with Crippen molar-refractivity contribution in [1.82, 2.24) is 0 Å². The zero-order valence-corrected chi connectivity index (χ0v) is 13.5. The van der Waals surface area contributed by atoms with E-state index in [-0.39, 0.29) is 23.7 Å². The van der Waals surface area contributed by atoms with Gasteiger partial charge in [0.1, 0.15) is 5.75 Å². The summed E-state index contributed by atoms with van der Waals surface area (Å²) in [7, 11) is 1.30. The minimum Gasteiger partial charge on any atom is -0.494 e. The molecule has 138 valence electrons. The maximum Gasteiger partial charge on any atom is 0.416 e. The van der Waals surface area contributed by atoms with Crippen LogP contribution in [0.5, 0.6) is 5.75 Å². The molecule has 0 bridgehead atoms. The first-order chi connectivity index (χ1) is 12.2. The van der Waals surface area contributed by atoms with Gasteiger partial charge in [-0.2, -0.15) is 13.2 Å². The average Bonchev–Trinajstić information content (AvgIpc) is 2.59. The number of carbonyl (C=O) groups is 1. The number of benzene rings is 2. The Labute approximate surface area is 145 Å². The molecule has 0 spiro atoms. The molecule has 0 heterocycles. The molecule has 0 atom stereocenters. The highest BCUT2D eigenvalue weighted by molar-refractivity contribution is 5.95. The first kappa shape index (κ1) is 19.0. The molecule has 2 aromatic rings. The Bertz CT molecular complexity index is 807. The van der Waals surface area contributed by atoms with Crippen LogP contribution >= 0.6 is 0 Å². The van der Waals surface area contributed by atoms with Crippen LogP contribution in [0.4, 0.5) is 30.2 Å². The summed E-state index contributed by atoms with van der Waals surface area (Å²) in [6.45, 7) is -0.217. The lowest BCUT2D eigenvalue weighted by molar-refractivity contribution is -0.384. The zero-order valence-electron chi connectivity index (χ0n) is 13.5. The summed E-state index contributed by atoms with van der Waals surface area (Å²) in [5.74, 6) is -0.390. The highest BCUT2D eigenvalue weighted by Gasteiger charge is 2.29. The second-order valence-corrected chi connectivity index (χ2v) is 5.12. The molecule has 1 amide bonds. The Morgan fingerprint density at radius 1 is 1.19 bits per heavy atom. The molecule has 0 unspecified atom stereocenters. The number of halogens is 3. The number of anilines is 2. The summed E-state index contributed by atoms with van der Waals surface area (Å²) in [6.07, 6.45) is -4.43. The largest absolute Gasteiger partial charge is 0.494 e. The van der Waals surface area contributed by atoms with E-state index in [0.29, 0.717) is 5.69 Å². The van der Waals surface area contributed by atoms with Crippen LogP contribution in [0.1, 0.15) is 5.56 Å². The van der Waals surface area contributed by atoms with E-state index < -0.39 is 22.6 Å². The molecule has 2 rings (SSSR count). The second-order valence-electron chi connectivity index (χ2n) is 5.12. The van der Waals surface area contributed by atoms with Gasteiger partial charge in [0.15, 0.2) is 0 Å². The molecule has 7 nitrogen and oxygen atoms in total. The molecule has 0 aromatic heterocycles. The lowest BCUT2D eigenvalue weighted by Crippen LogP contribution is -2.22. The lowest BCUT2D eigenvalue weighted by atomic mass is 10.2. The normalized spacial score (nSPS) is 10.9. The molecule has 0 radical (unpaired) electrons. The number of nitro groups is 1. The van der Waals surface area contributed by atoms with Gasteiger partial charge in [0.05, 0.1) is 35.9 Å². The van der Waals surface area contributed by atoms with Crippen LogP contribution in [0.25, 0.3) is 0 Å². The van der Waals surface area contributed by atoms with Gasteiger partial charge in [-0.1, -0.05) is 0 Å². The number of hydrogen-bond acceptors (Lipinski definition) is 5. The van der Waals surface area contributed by atoms with Gasteiger partial charge < -0.3 is 15.4 Å². The molecule has 0 fully saturated rings. The van der Waals surface area contributed by atoms with Crippen molar-refractivity contribution in [3.63, 3.8) is 0 Å². The van der Waals surface area contributed by atoms with Crippen LogP contribution in [-0.4, -0.2) is 24.5 Å². The summed E-state index contributed by atoms with van der Waals surface area (Å²) in [5, 5.41) is 15.9. The number of methoxy groups -OCH3 is 1. The fourth-order valence-electron chi connectivity index (χ4n) is 2.05. The Hall–Kier alpha value is -3.30. The van der Waals surface area contributed by atoms with Crippen molar-refractivity contribution in [3.05, 3.63) is 58.1 Å². The third kappa shape index (κ3) is 4.85. The van der Waals surface area contributed by atoms with E-state index in [1.807, 2.05) is 0 Å². The molecular weight excluding hydrogens is 355 g/mol. The fraction of sp³-hybridized carbons (Fsp3) is 0.188. The summed E-state index contributed by atoms with van der Waals surface area (Å²) < 4.78 is 42.5. The van der Waals surface area contributed by atoms with Crippen LogP contribution in [0, 0.1) is 10.1 Å². The number of hydrogen-bond donors (Lipinski definition) is 2. The summed E-state index contributed by atoms with van der Waals surface area (Å²) in [6, 6.07) is 7.93.